The van der Waals surface area contributed by atoms with E-state index in [4.69, 9.17) is 4.74 Å². The van der Waals surface area contributed by atoms with Crippen LogP contribution in [0.5, 0.6) is 5.75 Å². The third-order valence-electron chi connectivity index (χ3n) is 3.60. The second-order valence-corrected chi connectivity index (χ2v) is 6.61. The topological polar surface area (TPSA) is 83.6 Å². The van der Waals surface area contributed by atoms with Crippen molar-refractivity contribution in [2.45, 2.75) is 20.0 Å². The Hall–Kier alpha value is -2.93. The molecule has 144 valence electrons. The molecule has 0 saturated heterocycles. The van der Waals surface area contributed by atoms with E-state index in [9.17, 15) is 9.59 Å². The van der Waals surface area contributed by atoms with Crippen LogP contribution in [-0.2, 0) is 0 Å². The number of ether oxygens (including phenoxy) is 1. The third-order valence-corrected chi connectivity index (χ3v) is 3.60. The quantitative estimate of drug-likeness (QED) is 0.746. The number of amides is 2. The van der Waals surface area contributed by atoms with Gasteiger partial charge in [0, 0.05) is 24.8 Å². The molecule has 0 unspecified atom stereocenters. The van der Waals surface area contributed by atoms with Crippen LogP contribution < -0.4 is 15.4 Å². The van der Waals surface area contributed by atoms with Gasteiger partial charge in [-0.25, -0.2) is 0 Å². The number of anilines is 1. The van der Waals surface area contributed by atoms with Gasteiger partial charge in [0.1, 0.15) is 11.4 Å². The predicted octanol–water partition coefficient (Wildman–Crippen LogP) is 2.41. The lowest BCUT2D eigenvalue weighted by Crippen LogP contribution is -2.31. The summed E-state index contributed by atoms with van der Waals surface area (Å²) in [5.74, 6) is -0.0620. The molecule has 2 aromatic rings. The van der Waals surface area contributed by atoms with E-state index in [1.165, 1.54) is 12.3 Å². The SMILES string of the molecule is CC(C)Oc1ccccc1NC(=O)c1cc(C(=O)NCCN(C)C)ccn1. The Balaban J connectivity index is 2.08. The molecule has 7 heteroatoms. The molecule has 0 bridgehead atoms. The molecule has 1 aromatic carbocycles. The Bertz CT molecular complexity index is 790. The van der Waals surface area contributed by atoms with E-state index >= 15 is 0 Å². The largest absolute Gasteiger partial charge is 0.489 e. The fraction of sp³-hybridized carbons (Fsp3) is 0.350. The Kier molecular flexibility index (Phi) is 7.31. The van der Waals surface area contributed by atoms with Crippen LogP contribution in [0.1, 0.15) is 34.7 Å². The van der Waals surface area contributed by atoms with E-state index < -0.39 is 5.91 Å². The Morgan fingerprint density at radius 2 is 1.89 bits per heavy atom. The van der Waals surface area contributed by atoms with Crippen molar-refractivity contribution in [3.05, 3.63) is 53.9 Å². The van der Waals surface area contributed by atoms with E-state index in [2.05, 4.69) is 15.6 Å². The van der Waals surface area contributed by atoms with Gasteiger partial charge in [0.2, 0.25) is 0 Å². The molecule has 1 aromatic heterocycles. The van der Waals surface area contributed by atoms with Crippen molar-refractivity contribution < 1.29 is 14.3 Å². The third kappa shape index (κ3) is 6.38. The van der Waals surface area contributed by atoms with Crippen LogP contribution >= 0.6 is 0 Å². The zero-order valence-electron chi connectivity index (χ0n) is 16.2. The smallest absolute Gasteiger partial charge is 0.274 e. The highest BCUT2D eigenvalue weighted by Gasteiger charge is 2.14. The number of nitrogens with zero attached hydrogens (tertiary/aromatic N) is 2. The molecule has 2 rings (SSSR count). The summed E-state index contributed by atoms with van der Waals surface area (Å²) in [5.41, 5.74) is 1.11. The lowest BCUT2D eigenvalue weighted by molar-refractivity contribution is 0.0951. The molecule has 0 radical (unpaired) electrons. The zero-order chi connectivity index (χ0) is 19.8. The Labute approximate surface area is 159 Å². The number of pyridine rings is 1. The van der Waals surface area contributed by atoms with Gasteiger partial charge in [-0.1, -0.05) is 12.1 Å². The molecule has 0 aliphatic rings. The number of hydrogen-bond acceptors (Lipinski definition) is 5. The number of carbonyl (C=O) groups is 2. The molecule has 0 atom stereocenters. The fourth-order valence-electron chi connectivity index (χ4n) is 2.30. The summed E-state index contributed by atoms with van der Waals surface area (Å²) < 4.78 is 5.70. The number of carbonyl (C=O) groups excluding carboxylic acids is 2. The van der Waals surface area contributed by atoms with Gasteiger partial charge in [0.25, 0.3) is 11.8 Å². The lowest BCUT2D eigenvalue weighted by Gasteiger charge is -2.14. The molecule has 0 spiro atoms. The molecular weight excluding hydrogens is 344 g/mol. The number of aromatic nitrogens is 1. The van der Waals surface area contributed by atoms with Gasteiger partial charge in [-0.05, 0) is 52.2 Å². The van der Waals surface area contributed by atoms with Crippen LogP contribution in [0.3, 0.4) is 0 Å². The molecule has 0 fully saturated rings. The number of benzene rings is 1. The summed E-state index contributed by atoms with van der Waals surface area (Å²) in [4.78, 5) is 30.8. The van der Waals surface area contributed by atoms with Crippen molar-refractivity contribution in [1.82, 2.24) is 15.2 Å². The number of hydrogen-bond donors (Lipinski definition) is 2. The molecule has 27 heavy (non-hydrogen) atoms. The highest BCUT2D eigenvalue weighted by atomic mass is 16.5. The van der Waals surface area contributed by atoms with Gasteiger partial charge in [0.05, 0.1) is 11.8 Å². The molecule has 7 nitrogen and oxygen atoms in total. The summed E-state index contributed by atoms with van der Waals surface area (Å²) in [6.07, 6.45) is 1.43. The van der Waals surface area contributed by atoms with Gasteiger partial charge in [-0.15, -0.1) is 0 Å². The highest BCUT2D eigenvalue weighted by molar-refractivity contribution is 6.05. The molecule has 2 N–H and O–H groups in total. The van der Waals surface area contributed by atoms with E-state index in [0.717, 1.165) is 6.54 Å². The summed E-state index contributed by atoms with van der Waals surface area (Å²) in [6.45, 7) is 5.09. The van der Waals surface area contributed by atoms with Crippen molar-refractivity contribution in [2.75, 3.05) is 32.5 Å². The summed E-state index contributed by atoms with van der Waals surface area (Å²) >= 11 is 0. The number of rotatable bonds is 8. The zero-order valence-corrected chi connectivity index (χ0v) is 16.2. The van der Waals surface area contributed by atoms with Gasteiger partial charge in [-0.2, -0.15) is 0 Å². The number of para-hydroxylation sites is 2. The monoisotopic (exact) mass is 370 g/mol. The van der Waals surface area contributed by atoms with Gasteiger partial charge in [-0.3, -0.25) is 14.6 Å². The summed E-state index contributed by atoms with van der Waals surface area (Å²) in [5, 5.41) is 5.61. The normalized spacial score (nSPS) is 10.7. The standard InChI is InChI=1S/C20H26N4O3/c1-14(2)27-18-8-6-5-7-16(18)23-20(26)17-13-15(9-10-21-17)19(25)22-11-12-24(3)4/h5-10,13-14H,11-12H2,1-4H3,(H,22,25)(H,23,26). The average molecular weight is 370 g/mol. The second kappa shape index (κ2) is 9.68. The fourth-order valence-corrected chi connectivity index (χ4v) is 2.30. The summed E-state index contributed by atoms with van der Waals surface area (Å²) in [6, 6.07) is 10.3. The first-order valence-electron chi connectivity index (χ1n) is 8.83. The molecule has 0 saturated carbocycles. The van der Waals surface area contributed by atoms with Crippen LogP contribution in [0, 0.1) is 0 Å². The maximum Gasteiger partial charge on any atom is 0.274 e. The van der Waals surface area contributed by atoms with E-state index in [1.807, 2.05) is 45.0 Å². The molecule has 0 aliphatic carbocycles. The van der Waals surface area contributed by atoms with Gasteiger partial charge < -0.3 is 20.3 Å². The van der Waals surface area contributed by atoms with Crippen LogP contribution in [0.25, 0.3) is 0 Å². The van der Waals surface area contributed by atoms with Crippen molar-refractivity contribution in [1.29, 1.82) is 0 Å². The van der Waals surface area contributed by atoms with Crippen LogP contribution in [0.15, 0.2) is 42.6 Å². The minimum atomic E-state index is -0.405. The average Bonchev–Trinajstić information content (AvgIpc) is 2.62. The van der Waals surface area contributed by atoms with Crippen LogP contribution in [0.2, 0.25) is 0 Å². The van der Waals surface area contributed by atoms with Crippen molar-refractivity contribution in [3.63, 3.8) is 0 Å². The first-order chi connectivity index (χ1) is 12.9. The second-order valence-electron chi connectivity index (χ2n) is 6.61. The van der Waals surface area contributed by atoms with Crippen molar-refractivity contribution in [2.24, 2.45) is 0 Å². The molecular formula is C20H26N4O3. The number of nitrogens with one attached hydrogen (secondary N) is 2. The van der Waals surface area contributed by atoms with Gasteiger partial charge >= 0.3 is 0 Å². The minimum Gasteiger partial charge on any atom is -0.489 e. The molecule has 2 amide bonds. The summed E-state index contributed by atoms with van der Waals surface area (Å²) in [7, 11) is 3.86. The number of likely N-dealkylation sites (N-methyl/N-ethyl adjacent to an activating group) is 1. The van der Waals surface area contributed by atoms with E-state index in [-0.39, 0.29) is 17.7 Å². The lowest BCUT2D eigenvalue weighted by atomic mass is 10.2. The first kappa shape index (κ1) is 20.4. The maximum atomic E-state index is 12.6. The molecule has 0 aliphatic heterocycles. The minimum absolute atomic E-state index is 0.0182. The Morgan fingerprint density at radius 1 is 1.15 bits per heavy atom. The van der Waals surface area contributed by atoms with E-state index in [0.29, 0.717) is 23.5 Å². The Morgan fingerprint density at radius 3 is 2.59 bits per heavy atom. The van der Waals surface area contributed by atoms with Crippen molar-refractivity contribution >= 4 is 17.5 Å². The van der Waals surface area contributed by atoms with Gasteiger partial charge in [0.15, 0.2) is 0 Å². The van der Waals surface area contributed by atoms with Crippen LogP contribution in [0.4, 0.5) is 5.69 Å². The van der Waals surface area contributed by atoms with E-state index in [1.54, 1.807) is 18.2 Å². The predicted molar refractivity (Wildman–Crippen MR) is 105 cm³/mol. The first-order valence-corrected chi connectivity index (χ1v) is 8.83. The van der Waals surface area contributed by atoms with Crippen LogP contribution in [-0.4, -0.2) is 55.0 Å². The maximum absolute atomic E-state index is 12.6. The van der Waals surface area contributed by atoms with Crippen molar-refractivity contribution in [3.8, 4) is 5.75 Å². The highest BCUT2D eigenvalue weighted by Crippen LogP contribution is 2.25. The molecule has 1 heterocycles.